The molecule has 0 saturated carbocycles. The molecule has 6 nitrogen and oxygen atoms in total. The van der Waals surface area contributed by atoms with Crippen molar-refractivity contribution in [3.63, 3.8) is 0 Å². The monoisotopic (exact) mass is 385 g/mol. The number of allylic oxidation sites excluding steroid dienone is 3. The fraction of sp³-hybridized carbons (Fsp3) is 0.455. The summed E-state index contributed by atoms with van der Waals surface area (Å²) in [7, 11) is 3.15. The molecule has 0 spiro atoms. The molecule has 1 atom stereocenters. The number of benzene rings is 1. The van der Waals surface area contributed by atoms with Crippen LogP contribution in [0.3, 0.4) is 0 Å². The average molecular weight is 385 g/mol. The van der Waals surface area contributed by atoms with E-state index in [1.165, 1.54) is 0 Å². The maximum atomic E-state index is 12.9. The van der Waals surface area contributed by atoms with Crippen molar-refractivity contribution in [1.82, 2.24) is 5.32 Å². The average Bonchev–Trinajstić information content (AvgIpc) is 2.72. The summed E-state index contributed by atoms with van der Waals surface area (Å²) in [6.07, 6.45) is 2.74. The second-order valence-corrected chi connectivity index (χ2v) is 6.81. The van der Waals surface area contributed by atoms with Crippen LogP contribution in [0.15, 0.2) is 40.7 Å². The minimum Gasteiger partial charge on any atom is -0.493 e. The number of Topliss-reactive ketones (excluding diaryl/α,β-unsaturated/α-hetero) is 1. The van der Waals surface area contributed by atoms with Crippen LogP contribution in [-0.2, 0) is 14.3 Å². The fourth-order valence-corrected chi connectivity index (χ4v) is 3.99. The van der Waals surface area contributed by atoms with Crippen LogP contribution in [-0.4, -0.2) is 32.6 Å². The Morgan fingerprint density at radius 2 is 1.89 bits per heavy atom. The molecule has 0 amide bonds. The van der Waals surface area contributed by atoms with Gasteiger partial charge in [-0.1, -0.05) is 13.0 Å². The highest BCUT2D eigenvalue weighted by atomic mass is 16.5. The molecule has 0 radical (unpaired) electrons. The minimum absolute atomic E-state index is 0.0745. The highest BCUT2D eigenvalue weighted by Gasteiger charge is 2.39. The first-order valence-corrected chi connectivity index (χ1v) is 9.70. The number of nitrogens with one attached hydrogen (secondary N) is 1. The molecule has 0 bridgehead atoms. The largest absolute Gasteiger partial charge is 0.493 e. The summed E-state index contributed by atoms with van der Waals surface area (Å²) in [6.45, 7) is 4.05. The smallest absolute Gasteiger partial charge is 0.336 e. The van der Waals surface area contributed by atoms with E-state index in [1.807, 2.05) is 19.1 Å². The number of rotatable bonds is 6. The summed E-state index contributed by atoms with van der Waals surface area (Å²) in [6, 6.07) is 5.53. The SMILES string of the molecule is CCOC(=O)C1=C(CC)NC2=C(C(=O)CCC2)[C@H]1c1ccc(OC)c(OC)c1. The molecular weight excluding hydrogens is 358 g/mol. The Hall–Kier alpha value is -2.76. The lowest BCUT2D eigenvalue weighted by Crippen LogP contribution is -2.35. The van der Waals surface area contributed by atoms with Gasteiger partial charge in [-0.25, -0.2) is 4.79 Å². The van der Waals surface area contributed by atoms with E-state index in [1.54, 1.807) is 27.2 Å². The van der Waals surface area contributed by atoms with Crippen LogP contribution in [0.5, 0.6) is 11.5 Å². The quantitative estimate of drug-likeness (QED) is 0.754. The molecule has 1 aromatic carbocycles. The lowest BCUT2D eigenvalue weighted by Gasteiger charge is -2.35. The van der Waals surface area contributed by atoms with Gasteiger partial charge in [0, 0.05) is 29.3 Å². The number of ether oxygens (including phenoxy) is 3. The van der Waals surface area contributed by atoms with Crippen LogP contribution < -0.4 is 14.8 Å². The van der Waals surface area contributed by atoms with Gasteiger partial charge < -0.3 is 19.5 Å². The van der Waals surface area contributed by atoms with Gasteiger partial charge in [-0.05, 0) is 43.9 Å². The van der Waals surface area contributed by atoms with Crippen molar-refractivity contribution in [2.24, 2.45) is 0 Å². The number of carbonyl (C=O) groups excluding carboxylic acids is 2. The summed E-state index contributed by atoms with van der Waals surface area (Å²) >= 11 is 0. The molecule has 3 rings (SSSR count). The number of ketones is 1. The summed E-state index contributed by atoms with van der Waals surface area (Å²) in [5.41, 5.74) is 3.72. The third kappa shape index (κ3) is 3.51. The number of dihydropyridines is 1. The van der Waals surface area contributed by atoms with E-state index >= 15 is 0 Å². The van der Waals surface area contributed by atoms with Gasteiger partial charge in [0.2, 0.25) is 0 Å². The van der Waals surface area contributed by atoms with Crippen LogP contribution in [0.2, 0.25) is 0 Å². The Morgan fingerprint density at radius 3 is 2.54 bits per heavy atom. The Labute approximate surface area is 165 Å². The molecule has 150 valence electrons. The van der Waals surface area contributed by atoms with E-state index in [-0.39, 0.29) is 12.4 Å². The van der Waals surface area contributed by atoms with Crippen LogP contribution in [0, 0.1) is 0 Å². The molecule has 2 aliphatic rings. The zero-order valence-electron chi connectivity index (χ0n) is 16.9. The van der Waals surface area contributed by atoms with Crippen molar-refractivity contribution in [3.8, 4) is 11.5 Å². The second kappa shape index (κ2) is 8.50. The standard InChI is InChI=1S/C22H27NO5/c1-5-14-21(22(25)28-6-2)19(20-15(23-14)8-7-9-16(20)24)13-10-11-17(26-3)18(12-13)27-4/h10-12,19,23H,5-9H2,1-4H3/t19-/m1/s1. The number of hydrogen-bond donors (Lipinski definition) is 1. The van der Waals surface area contributed by atoms with Gasteiger partial charge in [-0.2, -0.15) is 0 Å². The summed E-state index contributed by atoms with van der Waals surface area (Å²) in [5, 5.41) is 3.36. The number of esters is 1. The molecule has 1 heterocycles. The molecule has 0 unspecified atom stereocenters. The highest BCUT2D eigenvalue weighted by molar-refractivity contribution is 6.03. The van der Waals surface area contributed by atoms with Gasteiger partial charge in [0.1, 0.15) is 0 Å². The second-order valence-electron chi connectivity index (χ2n) is 6.81. The molecule has 1 aliphatic heterocycles. The predicted molar refractivity (Wildman–Crippen MR) is 105 cm³/mol. The van der Waals surface area contributed by atoms with Gasteiger partial charge in [-0.15, -0.1) is 0 Å². The van der Waals surface area contributed by atoms with E-state index < -0.39 is 11.9 Å². The van der Waals surface area contributed by atoms with E-state index in [2.05, 4.69) is 5.32 Å². The van der Waals surface area contributed by atoms with Crippen molar-refractivity contribution < 1.29 is 23.8 Å². The molecule has 0 aromatic heterocycles. The number of carbonyl (C=O) groups is 2. The van der Waals surface area contributed by atoms with Gasteiger partial charge >= 0.3 is 5.97 Å². The third-order valence-electron chi connectivity index (χ3n) is 5.25. The van der Waals surface area contributed by atoms with Crippen molar-refractivity contribution >= 4 is 11.8 Å². The maximum Gasteiger partial charge on any atom is 0.336 e. The first kappa shape index (κ1) is 20.0. The first-order chi connectivity index (χ1) is 13.5. The van der Waals surface area contributed by atoms with Gasteiger partial charge in [0.15, 0.2) is 17.3 Å². The van der Waals surface area contributed by atoms with Crippen molar-refractivity contribution in [3.05, 3.63) is 46.3 Å². The zero-order valence-corrected chi connectivity index (χ0v) is 16.9. The lowest BCUT2D eigenvalue weighted by molar-refractivity contribution is -0.138. The Morgan fingerprint density at radius 1 is 1.14 bits per heavy atom. The molecule has 1 N–H and O–H groups in total. The van der Waals surface area contributed by atoms with Crippen LogP contribution in [0.1, 0.15) is 51.0 Å². The predicted octanol–water partition coefficient (Wildman–Crippen LogP) is 3.62. The van der Waals surface area contributed by atoms with Crippen LogP contribution in [0.4, 0.5) is 0 Å². The summed E-state index contributed by atoms with van der Waals surface area (Å²) in [4.78, 5) is 25.8. The molecule has 0 saturated heterocycles. The van der Waals surface area contributed by atoms with Gasteiger partial charge in [0.25, 0.3) is 0 Å². The van der Waals surface area contributed by atoms with E-state index in [9.17, 15) is 9.59 Å². The summed E-state index contributed by atoms with van der Waals surface area (Å²) in [5.74, 6) is 0.367. The van der Waals surface area contributed by atoms with Crippen molar-refractivity contribution in [2.75, 3.05) is 20.8 Å². The van der Waals surface area contributed by atoms with Crippen molar-refractivity contribution in [1.29, 1.82) is 0 Å². The normalized spacial score (nSPS) is 19.1. The zero-order chi connectivity index (χ0) is 20.3. The van der Waals surface area contributed by atoms with Crippen LogP contribution in [0.25, 0.3) is 0 Å². The van der Waals surface area contributed by atoms with Gasteiger partial charge in [0.05, 0.1) is 26.4 Å². The maximum absolute atomic E-state index is 12.9. The lowest BCUT2D eigenvalue weighted by atomic mass is 9.75. The van der Waals surface area contributed by atoms with Crippen LogP contribution >= 0.6 is 0 Å². The van der Waals surface area contributed by atoms with Crippen molar-refractivity contribution in [2.45, 2.75) is 45.4 Å². The third-order valence-corrected chi connectivity index (χ3v) is 5.25. The molecule has 1 aromatic rings. The highest BCUT2D eigenvalue weighted by Crippen LogP contribution is 2.44. The minimum atomic E-state index is -0.474. The molecule has 0 fully saturated rings. The summed E-state index contributed by atoms with van der Waals surface area (Å²) < 4.78 is 16.1. The van der Waals surface area contributed by atoms with E-state index in [0.717, 1.165) is 29.8 Å². The Balaban J connectivity index is 2.21. The number of methoxy groups -OCH3 is 2. The number of hydrogen-bond acceptors (Lipinski definition) is 6. The van der Waals surface area contributed by atoms with E-state index in [4.69, 9.17) is 14.2 Å². The first-order valence-electron chi connectivity index (χ1n) is 9.70. The molecule has 6 heteroatoms. The molecule has 28 heavy (non-hydrogen) atoms. The topological polar surface area (TPSA) is 73.9 Å². The Kier molecular flexibility index (Phi) is 6.07. The van der Waals surface area contributed by atoms with Gasteiger partial charge in [-0.3, -0.25) is 4.79 Å². The molecule has 1 aliphatic carbocycles. The Bertz CT molecular complexity index is 852. The fourth-order valence-electron chi connectivity index (χ4n) is 3.99. The molecular formula is C22H27NO5. The van der Waals surface area contributed by atoms with E-state index in [0.29, 0.717) is 35.5 Å².